The maximum absolute atomic E-state index is 12.8. The standard InChI is InChI=1S/C22H26N2O4/c1-15-6-4-7-16(14-15)22(26)24-12-10-17(11-13-24)23-21(25)20-18(27-2)8-5-9-19(20)28-3/h4-9,14,17H,10-13H2,1-3H3,(H,23,25). The molecule has 6 heteroatoms. The number of nitrogens with one attached hydrogen (secondary N) is 1. The van der Waals surface area contributed by atoms with Gasteiger partial charge in [0.25, 0.3) is 11.8 Å². The third-order valence-electron chi connectivity index (χ3n) is 5.04. The number of methoxy groups -OCH3 is 2. The Labute approximate surface area is 165 Å². The summed E-state index contributed by atoms with van der Waals surface area (Å²) in [6, 6.07) is 12.9. The molecule has 3 rings (SSSR count). The zero-order valence-electron chi connectivity index (χ0n) is 16.5. The number of carbonyl (C=O) groups excluding carboxylic acids is 2. The summed E-state index contributed by atoms with van der Waals surface area (Å²) in [4.78, 5) is 27.3. The fraction of sp³-hybridized carbons (Fsp3) is 0.364. The maximum atomic E-state index is 12.8. The molecule has 1 saturated heterocycles. The van der Waals surface area contributed by atoms with Crippen molar-refractivity contribution in [3.05, 3.63) is 59.2 Å². The Hall–Kier alpha value is -3.02. The fourth-order valence-electron chi connectivity index (χ4n) is 3.52. The summed E-state index contributed by atoms with van der Waals surface area (Å²) >= 11 is 0. The average molecular weight is 382 g/mol. The molecule has 1 aliphatic heterocycles. The van der Waals surface area contributed by atoms with Crippen LogP contribution in [0.2, 0.25) is 0 Å². The highest BCUT2D eigenvalue weighted by atomic mass is 16.5. The predicted molar refractivity (Wildman–Crippen MR) is 107 cm³/mol. The Balaban J connectivity index is 1.62. The van der Waals surface area contributed by atoms with Crippen LogP contribution in [0, 0.1) is 6.92 Å². The topological polar surface area (TPSA) is 67.9 Å². The third kappa shape index (κ3) is 4.27. The van der Waals surface area contributed by atoms with Crippen molar-refractivity contribution in [1.29, 1.82) is 0 Å². The van der Waals surface area contributed by atoms with Crippen molar-refractivity contribution in [3.8, 4) is 11.5 Å². The third-order valence-corrected chi connectivity index (χ3v) is 5.04. The molecule has 28 heavy (non-hydrogen) atoms. The first kappa shape index (κ1) is 19.7. The minimum Gasteiger partial charge on any atom is -0.496 e. The summed E-state index contributed by atoms with van der Waals surface area (Å²) in [6.07, 6.45) is 1.42. The normalized spacial score (nSPS) is 14.5. The molecule has 0 radical (unpaired) electrons. The first-order valence-electron chi connectivity index (χ1n) is 9.41. The van der Waals surface area contributed by atoms with Crippen LogP contribution in [0.15, 0.2) is 42.5 Å². The number of rotatable bonds is 5. The molecule has 0 aliphatic carbocycles. The zero-order chi connectivity index (χ0) is 20.1. The average Bonchev–Trinajstić information content (AvgIpc) is 2.73. The van der Waals surface area contributed by atoms with E-state index < -0.39 is 0 Å². The van der Waals surface area contributed by atoms with E-state index in [4.69, 9.17) is 9.47 Å². The van der Waals surface area contributed by atoms with E-state index in [-0.39, 0.29) is 17.9 Å². The number of aryl methyl sites for hydroxylation is 1. The molecular weight excluding hydrogens is 356 g/mol. The number of likely N-dealkylation sites (tertiary alicyclic amines) is 1. The van der Waals surface area contributed by atoms with Gasteiger partial charge in [0, 0.05) is 24.7 Å². The summed E-state index contributed by atoms with van der Waals surface area (Å²) in [7, 11) is 3.06. The van der Waals surface area contributed by atoms with Gasteiger partial charge in [-0.05, 0) is 44.0 Å². The molecule has 1 heterocycles. The predicted octanol–water partition coefficient (Wildman–Crippen LogP) is 3.05. The van der Waals surface area contributed by atoms with E-state index in [0.717, 1.165) is 5.56 Å². The van der Waals surface area contributed by atoms with Crippen LogP contribution in [-0.4, -0.2) is 50.1 Å². The summed E-state index contributed by atoms with van der Waals surface area (Å²) in [5.74, 6) is 0.769. The van der Waals surface area contributed by atoms with Crippen molar-refractivity contribution in [2.75, 3.05) is 27.3 Å². The van der Waals surface area contributed by atoms with E-state index in [9.17, 15) is 9.59 Å². The molecular formula is C22H26N2O4. The van der Waals surface area contributed by atoms with Crippen LogP contribution in [0.5, 0.6) is 11.5 Å². The molecule has 0 unspecified atom stereocenters. The molecule has 0 aromatic heterocycles. The Morgan fingerprint density at radius 1 is 1.00 bits per heavy atom. The number of benzene rings is 2. The van der Waals surface area contributed by atoms with E-state index in [1.807, 2.05) is 36.1 Å². The van der Waals surface area contributed by atoms with Crippen LogP contribution >= 0.6 is 0 Å². The van der Waals surface area contributed by atoms with Crippen molar-refractivity contribution >= 4 is 11.8 Å². The smallest absolute Gasteiger partial charge is 0.259 e. The highest BCUT2D eigenvalue weighted by Crippen LogP contribution is 2.28. The molecule has 148 valence electrons. The zero-order valence-corrected chi connectivity index (χ0v) is 16.5. The number of hydrogen-bond acceptors (Lipinski definition) is 4. The van der Waals surface area contributed by atoms with Gasteiger partial charge in [0.15, 0.2) is 0 Å². The number of ether oxygens (including phenoxy) is 2. The molecule has 0 atom stereocenters. The van der Waals surface area contributed by atoms with E-state index in [0.29, 0.717) is 48.6 Å². The molecule has 6 nitrogen and oxygen atoms in total. The van der Waals surface area contributed by atoms with Crippen molar-refractivity contribution in [1.82, 2.24) is 10.2 Å². The van der Waals surface area contributed by atoms with Gasteiger partial charge in [0.2, 0.25) is 0 Å². The van der Waals surface area contributed by atoms with Crippen molar-refractivity contribution < 1.29 is 19.1 Å². The molecule has 2 amide bonds. The Morgan fingerprint density at radius 2 is 1.61 bits per heavy atom. The first-order valence-corrected chi connectivity index (χ1v) is 9.41. The number of amides is 2. The molecule has 2 aromatic carbocycles. The SMILES string of the molecule is COc1cccc(OC)c1C(=O)NC1CCN(C(=O)c2cccc(C)c2)CC1. The Morgan fingerprint density at radius 3 is 2.18 bits per heavy atom. The van der Waals surface area contributed by atoms with Gasteiger partial charge in [-0.15, -0.1) is 0 Å². The van der Waals surface area contributed by atoms with E-state index in [2.05, 4.69) is 5.32 Å². The molecule has 1 fully saturated rings. The van der Waals surface area contributed by atoms with Gasteiger partial charge in [0.1, 0.15) is 17.1 Å². The van der Waals surface area contributed by atoms with Crippen LogP contribution in [-0.2, 0) is 0 Å². The lowest BCUT2D eigenvalue weighted by molar-refractivity contribution is 0.0697. The number of piperidine rings is 1. The summed E-state index contributed by atoms with van der Waals surface area (Å²) in [5.41, 5.74) is 2.17. The van der Waals surface area contributed by atoms with Crippen LogP contribution < -0.4 is 14.8 Å². The second kappa shape index (κ2) is 8.78. The molecule has 0 bridgehead atoms. The van der Waals surface area contributed by atoms with Gasteiger partial charge in [-0.25, -0.2) is 0 Å². The van der Waals surface area contributed by atoms with Crippen LogP contribution in [0.1, 0.15) is 39.1 Å². The monoisotopic (exact) mass is 382 g/mol. The minimum absolute atomic E-state index is 0.00341. The maximum Gasteiger partial charge on any atom is 0.259 e. The molecule has 1 aliphatic rings. The van der Waals surface area contributed by atoms with Gasteiger partial charge in [0.05, 0.1) is 14.2 Å². The van der Waals surface area contributed by atoms with E-state index in [1.54, 1.807) is 18.2 Å². The molecule has 0 spiro atoms. The largest absolute Gasteiger partial charge is 0.496 e. The second-order valence-electron chi connectivity index (χ2n) is 6.95. The van der Waals surface area contributed by atoms with Crippen LogP contribution in [0.3, 0.4) is 0 Å². The summed E-state index contributed by atoms with van der Waals surface area (Å²) in [6.45, 7) is 3.20. The van der Waals surface area contributed by atoms with Crippen molar-refractivity contribution in [2.24, 2.45) is 0 Å². The van der Waals surface area contributed by atoms with Gasteiger partial charge >= 0.3 is 0 Å². The number of nitrogens with zero attached hydrogens (tertiary/aromatic N) is 1. The lowest BCUT2D eigenvalue weighted by atomic mass is 10.0. The molecule has 2 aromatic rings. The van der Waals surface area contributed by atoms with Gasteiger partial charge < -0.3 is 19.7 Å². The van der Waals surface area contributed by atoms with Crippen LogP contribution in [0.25, 0.3) is 0 Å². The van der Waals surface area contributed by atoms with Crippen LogP contribution in [0.4, 0.5) is 0 Å². The highest BCUT2D eigenvalue weighted by Gasteiger charge is 2.26. The lowest BCUT2D eigenvalue weighted by Gasteiger charge is -2.32. The van der Waals surface area contributed by atoms with Gasteiger partial charge in [-0.1, -0.05) is 23.8 Å². The number of hydrogen-bond donors (Lipinski definition) is 1. The summed E-state index contributed by atoms with van der Waals surface area (Å²) < 4.78 is 10.6. The lowest BCUT2D eigenvalue weighted by Crippen LogP contribution is -2.46. The second-order valence-corrected chi connectivity index (χ2v) is 6.95. The van der Waals surface area contributed by atoms with Gasteiger partial charge in [-0.2, -0.15) is 0 Å². The van der Waals surface area contributed by atoms with Gasteiger partial charge in [-0.3, -0.25) is 9.59 Å². The summed E-state index contributed by atoms with van der Waals surface area (Å²) in [5, 5.41) is 3.06. The fourth-order valence-corrected chi connectivity index (χ4v) is 3.52. The minimum atomic E-state index is -0.224. The first-order chi connectivity index (χ1) is 13.5. The Bertz CT molecular complexity index is 835. The van der Waals surface area contributed by atoms with Crippen molar-refractivity contribution in [2.45, 2.75) is 25.8 Å². The Kier molecular flexibility index (Phi) is 6.19. The molecule has 1 N–H and O–H groups in total. The quantitative estimate of drug-likeness (QED) is 0.863. The van der Waals surface area contributed by atoms with Crippen molar-refractivity contribution in [3.63, 3.8) is 0 Å². The number of carbonyl (C=O) groups is 2. The van der Waals surface area contributed by atoms with E-state index >= 15 is 0 Å². The highest BCUT2D eigenvalue weighted by molar-refractivity contribution is 6.00. The van der Waals surface area contributed by atoms with E-state index in [1.165, 1.54) is 14.2 Å². The molecule has 0 saturated carbocycles.